The second-order valence-corrected chi connectivity index (χ2v) is 4.69. The number of rotatable bonds is 3. The fourth-order valence-electron chi connectivity index (χ4n) is 1.73. The number of carbonyl (C=O) groups is 1. The van der Waals surface area contributed by atoms with Gasteiger partial charge in [0.1, 0.15) is 0 Å². The molecule has 3 aromatic heterocycles. The van der Waals surface area contributed by atoms with Gasteiger partial charge in [-0.15, -0.1) is 11.3 Å². The lowest BCUT2D eigenvalue weighted by Gasteiger charge is -1.95. The first-order chi connectivity index (χ1) is 8.63. The molecule has 0 aliphatic carbocycles. The van der Waals surface area contributed by atoms with Gasteiger partial charge in [-0.1, -0.05) is 0 Å². The van der Waals surface area contributed by atoms with Gasteiger partial charge in [0.15, 0.2) is 10.7 Å². The van der Waals surface area contributed by atoms with Crippen LogP contribution in [-0.4, -0.2) is 25.1 Å². The predicted molar refractivity (Wildman–Crippen MR) is 67.3 cm³/mol. The van der Waals surface area contributed by atoms with Crippen molar-refractivity contribution in [1.29, 1.82) is 0 Å². The monoisotopic (exact) mass is 262 g/mol. The lowest BCUT2D eigenvalue weighted by molar-refractivity contribution is 0.0995. The molecule has 0 aromatic carbocycles. The molecule has 0 radical (unpaired) electrons. The molecule has 0 atom stereocenters. The van der Waals surface area contributed by atoms with Crippen LogP contribution in [0.2, 0.25) is 0 Å². The first kappa shape index (κ1) is 10.8. The molecule has 0 aliphatic rings. The van der Waals surface area contributed by atoms with Crippen molar-refractivity contribution >= 4 is 27.9 Å². The summed E-state index contributed by atoms with van der Waals surface area (Å²) in [5.41, 5.74) is 12.0. The Morgan fingerprint density at radius 3 is 2.94 bits per heavy atom. The Morgan fingerprint density at radius 1 is 1.44 bits per heavy atom. The van der Waals surface area contributed by atoms with Crippen LogP contribution in [0.4, 0.5) is 5.69 Å². The van der Waals surface area contributed by atoms with E-state index in [1.807, 2.05) is 22.2 Å². The summed E-state index contributed by atoms with van der Waals surface area (Å²) >= 11 is 1.56. The average Bonchev–Trinajstić information content (AvgIpc) is 2.92. The first-order valence-corrected chi connectivity index (χ1v) is 6.05. The minimum absolute atomic E-state index is 0.0935. The molecule has 4 N–H and O–H groups in total. The molecule has 8 heteroatoms. The third kappa shape index (κ3) is 1.72. The quantitative estimate of drug-likeness (QED) is 0.709. The maximum atomic E-state index is 11.0. The third-order valence-electron chi connectivity index (χ3n) is 2.49. The zero-order valence-corrected chi connectivity index (χ0v) is 10.1. The van der Waals surface area contributed by atoms with E-state index in [9.17, 15) is 4.79 Å². The van der Waals surface area contributed by atoms with Gasteiger partial charge in [0, 0.05) is 24.0 Å². The van der Waals surface area contributed by atoms with Gasteiger partial charge in [0.05, 0.1) is 17.9 Å². The van der Waals surface area contributed by atoms with Gasteiger partial charge in [0.2, 0.25) is 0 Å². The van der Waals surface area contributed by atoms with Crippen LogP contribution >= 0.6 is 11.3 Å². The van der Waals surface area contributed by atoms with Crippen molar-refractivity contribution in [3.05, 3.63) is 35.4 Å². The molecule has 7 nitrogen and oxygen atoms in total. The Hall–Kier alpha value is -2.35. The van der Waals surface area contributed by atoms with Crippen LogP contribution in [0.3, 0.4) is 0 Å². The summed E-state index contributed by atoms with van der Waals surface area (Å²) in [5, 5.41) is 5.99. The van der Waals surface area contributed by atoms with Crippen molar-refractivity contribution in [3.8, 4) is 0 Å². The standard InChI is InChI=1S/C10H10N6OS/c11-7-5-16(14-8(7)9(12)17)4-6-3-15-1-2-18-10(15)13-6/h1-3,5H,4,11H2,(H2,12,17). The van der Waals surface area contributed by atoms with E-state index in [-0.39, 0.29) is 11.4 Å². The highest BCUT2D eigenvalue weighted by Crippen LogP contribution is 2.13. The highest BCUT2D eigenvalue weighted by molar-refractivity contribution is 7.15. The second-order valence-electron chi connectivity index (χ2n) is 3.82. The average molecular weight is 262 g/mol. The zero-order valence-electron chi connectivity index (χ0n) is 9.28. The maximum Gasteiger partial charge on any atom is 0.271 e. The van der Waals surface area contributed by atoms with E-state index in [4.69, 9.17) is 11.5 Å². The van der Waals surface area contributed by atoms with E-state index in [0.717, 1.165) is 10.7 Å². The number of hydrogen-bond acceptors (Lipinski definition) is 5. The topological polar surface area (TPSA) is 104 Å². The molecule has 0 spiro atoms. The molecule has 0 bridgehead atoms. The van der Waals surface area contributed by atoms with Gasteiger partial charge in [-0.05, 0) is 0 Å². The fourth-order valence-corrected chi connectivity index (χ4v) is 2.45. The van der Waals surface area contributed by atoms with E-state index in [1.54, 1.807) is 22.2 Å². The lowest BCUT2D eigenvalue weighted by atomic mass is 10.4. The maximum absolute atomic E-state index is 11.0. The minimum Gasteiger partial charge on any atom is -0.396 e. The van der Waals surface area contributed by atoms with Crippen LogP contribution < -0.4 is 11.5 Å². The van der Waals surface area contributed by atoms with Crippen LogP contribution in [0.1, 0.15) is 16.2 Å². The highest BCUT2D eigenvalue weighted by atomic mass is 32.1. The summed E-state index contributed by atoms with van der Waals surface area (Å²) in [5.74, 6) is -0.628. The van der Waals surface area contributed by atoms with Crippen molar-refractivity contribution in [2.45, 2.75) is 6.54 Å². The summed E-state index contributed by atoms with van der Waals surface area (Å²) in [6.45, 7) is 0.450. The molecule has 3 aromatic rings. The molecule has 3 heterocycles. The highest BCUT2D eigenvalue weighted by Gasteiger charge is 2.12. The number of imidazole rings is 1. The molecular weight excluding hydrogens is 252 g/mol. The normalized spacial score (nSPS) is 11.1. The van der Waals surface area contributed by atoms with E-state index < -0.39 is 5.91 Å². The number of hydrogen-bond donors (Lipinski definition) is 2. The molecule has 1 amide bonds. The number of anilines is 1. The molecule has 0 saturated carbocycles. The number of nitrogen functional groups attached to an aromatic ring is 1. The number of thiazole rings is 1. The van der Waals surface area contributed by atoms with Crippen molar-refractivity contribution in [1.82, 2.24) is 19.2 Å². The minimum atomic E-state index is -0.628. The Bertz CT molecular complexity index is 695. The first-order valence-electron chi connectivity index (χ1n) is 5.17. The lowest BCUT2D eigenvalue weighted by Crippen LogP contribution is -2.14. The van der Waals surface area contributed by atoms with Gasteiger partial charge in [0.25, 0.3) is 5.91 Å². The molecule has 3 rings (SSSR count). The van der Waals surface area contributed by atoms with Gasteiger partial charge < -0.3 is 11.5 Å². The summed E-state index contributed by atoms with van der Waals surface area (Å²) in [4.78, 5) is 16.4. The Labute approximate surface area is 106 Å². The second kappa shape index (κ2) is 3.84. The number of nitrogens with zero attached hydrogens (tertiary/aromatic N) is 4. The van der Waals surface area contributed by atoms with E-state index >= 15 is 0 Å². The summed E-state index contributed by atoms with van der Waals surface area (Å²) in [6, 6.07) is 0. The van der Waals surface area contributed by atoms with Gasteiger partial charge >= 0.3 is 0 Å². The number of nitrogens with two attached hydrogens (primary N) is 2. The molecule has 0 aliphatic heterocycles. The zero-order chi connectivity index (χ0) is 12.7. The van der Waals surface area contributed by atoms with Crippen LogP contribution in [-0.2, 0) is 6.54 Å². The number of amides is 1. The van der Waals surface area contributed by atoms with Crippen molar-refractivity contribution in [3.63, 3.8) is 0 Å². The number of carbonyl (C=O) groups excluding carboxylic acids is 1. The van der Waals surface area contributed by atoms with Gasteiger partial charge in [-0.25, -0.2) is 4.98 Å². The van der Waals surface area contributed by atoms with Gasteiger partial charge in [-0.2, -0.15) is 5.10 Å². The van der Waals surface area contributed by atoms with Crippen molar-refractivity contribution in [2.24, 2.45) is 5.73 Å². The molecule has 0 unspecified atom stereocenters. The smallest absolute Gasteiger partial charge is 0.271 e. The Morgan fingerprint density at radius 2 is 2.28 bits per heavy atom. The Kier molecular flexibility index (Phi) is 2.30. The Balaban J connectivity index is 1.90. The summed E-state index contributed by atoms with van der Waals surface area (Å²) < 4.78 is 3.49. The van der Waals surface area contributed by atoms with Crippen LogP contribution in [0.25, 0.3) is 4.96 Å². The molecule has 0 fully saturated rings. The van der Waals surface area contributed by atoms with Crippen LogP contribution in [0, 0.1) is 0 Å². The molecule has 18 heavy (non-hydrogen) atoms. The van der Waals surface area contributed by atoms with E-state index in [0.29, 0.717) is 6.54 Å². The predicted octanol–water partition coefficient (Wildman–Crippen LogP) is 0.322. The number of aromatic nitrogens is 4. The third-order valence-corrected chi connectivity index (χ3v) is 3.26. The number of primary amides is 1. The summed E-state index contributed by atoms with van der Waals surface area (Å²) in [6.07, 6.45) is 5.42. The van der Waals surface area contributed by atoms with Crippen molar-refractivity contribution < 1.29 is 4.79 Å². The van der Waals surface area contributed by atoms with E-state index in [2.05, 4.69) is 10.1 Å². The van der Waals surface area contributed by atoms with E-state index in [1.165, 1.54) is 0 Å². The summed E-state index contributed by atoms with van der Waals surface area (Å²) in [7, 11) is 0. The van der Waals surface area contributed by atoms with Crippen LogP contribution in [0.5, 0.6) is 0 Å². The largest absolute Gasteiger partial charge is 0.396 e. The molecule has 92 valence electrons. The fraction of sp³-hybridized carbons (Fsp3) is 0.100. The SMILES string of the molecule is NC(=O)c1nn(Cc2cn3ccsc3n2)cc1N. The number of fused-ring (bicyclic) bond motifs is 1. The van der Waals surface area contributed by atoms with Crippen LogP contribution in [0.15, 0.2) is 24.0 Å². The van der Waals surface area contributed by atoms with Gasteiger partial charge in [-0.3, -0.25) is 13.9 Å². The molecule has 0 saturated heterocycles. The van der Waals surface area contributed by atoms with Crippen molar-refractivity contribution in [2.75, 3.05) is 5.73 Å². The molecular formula is C10H10N6OS.